The van der Waals surface area contributed by atoms with Gasteiger partial charge in [-0.25, -0.2) is 4.39 Å². The summed E-state index contributed by atoms with van der Waals surface area (Å²) < 4.78 is 14.3. The molecule has 0 radical (unpaired) electrons. The Balaban J connectivity index is 2.47. The van der Waals surface area contributed by atoms with Crippen LogP contribution >= 0.6 is 38.9 Å². The summed E-state index contributed by atoms with van der Waals surface area (Å²) in [6.07, 6.45) is 0. The van der Waals surface area contributed by atoms with E-state index in [0.29, 0.717) is 0 Å². The summed E-state index contributed by atoms with van der Waals surface area (Å²) in [5.41, 5.74) is 3.83. The van der Waals surface area contributed by atoms with Gasteiger partial charge in [-0.15, -0.1) is 22.9 Å². The molecule has 1 aromatic heterocycles. The first-order valence-corrected chi connectivity index (χ1v) is 7.24. The highest BCUT2D eigenvalue weighted by molar-refractivity contribution is 9.11. The maximum absolute atomic E-state index is 13.2. The third-order valence-corrected chi connectivity index (χ3v) is 4.69. The fraction of sp³-hybridized carbons (Fsp3) is 0.231. The first-order chi connectivity index (χ1) is 7.99. The molecule has 0 aliphatic heterocycles. The summed E-state index contributed by atoms with van der Waals surface area (Å²) in [6, 6.07) is 5.06. The quantitative estimate of drug-likeness (QED) is 0.628. The van der Waals surface area contributed by atoms with Crippen LogP contribution in [0.5, 0.6) is 0 Å². The molecule has 0 bridgehead atoms. The zero-order valence-corrected chi connectivity index (χ0v) is 12.6. The van der Waals surface area contributed by atoms with Crippen molar-refractivity contribution in [2.24, 2.45) is 0 Å². The van der Waals surface area contributed by atoms with Crippen molar-refractivity contribution in [3.8, 4) is 0 Å². The molecule has 0 amide bonds. The molecule has 2 rings (SSSR count). The lowest BCUT2D eigenvalue weighted by atomic mass is 9.97. The number of rotatable bonds is 2. The van der Waals surface area contributed by atoms with Gasteiger partial charge >= 0.3 is 0 Å². The van der Waals surface area contributed by atoms with E-state index >= 15 is 0 Å². The monoisotopic (exact) mass is 332 g/mol. The molecule has 1 aromatic carbocycles. The van der Waals surface area contributed by atoms with E-state index in [2.05, 4.69) is 15.9 Å². The second-order valence-electron chi connectivity index (χ2n) is 4.00. The summed E-state index contributed by atoms with van der Waals surface area (Å²) in [6.45, 7) is 3.78. The van der Waals surface area contributed by atoms with Gasteiger partial charge in [0.15, 0.2) is 0 Å². The molecule has 0 saturated carbocycles. The zero-order chi connectivity index (χ0) is 12.6. The van der Waals surface area contributed by atoms with Crippen LogP contribution in [0.15, 0.2) is 27.4 Å². The van der Waals surface area contributed by atoms with Crippen LogP contribution in [0.4, 0.5) is 4.39 Å². The molecule has 0 aliphatic rings. The van der Waals surface area contributed by atoms with Gasteiger partial charge in [-0.05, 0) is 75.6 Å². The smallest absolute Gasteiger partial charge is 0.123 e. The molecule has 90 valence electrons. The number of hydrogen-bond acceptors (Lipinski definition) is 1. The third-order valence-electron chi connectivity index (χ3n) is 2.69. The highest BCUT2D eigenvalue weighted by Gasteiger charge is 2.17. The number of halogens is 3. The van der Waals surface area contributed by atoms with Crippen LogP contribution in [0.3, 0.4) is 0 Å². The Morgan fingerprint density at radius 1 is 1.24 bits per heavy atom. The Morgan fingerprint density at radius 3 is 2.29 bits per heavy atom. The van der Waals surface area contributed by atoms with Gasteiger partial charge in [0.1, 0.15) is 5.82 Å². The Labute approximate surface area is 118 Å². The van der Waals surface area contributed by atoms with Crippen molar-refractivity contribution >= 4 is 38.9 Å². The molecule has 1 unspecified atom stereocenters. The fourth-order valence-electron chi connectivity index (χ4n) is 1.94. The second kappa shape index (κ2) is 5.09. The van der Waals surface area contributed by atoms with E-state index < -0.39 is 0 Å². The van der Waals surface area contributed by atoms with E-state index in [1.54, 1.807) is 11.3 Å². The summed E-state index contributed by atoms with van der Waals surface area (Å²) >= 11 is 11.5. The molecule has 0 spiro atoms. The Hall–Kier alpha value is -0.380. The van der Waals surface area contributed by atoms with Crippen molar-refractivity contribution in [2.75, 3.05) is 0 Å². The molecule has 0 aliphatic carbocycles. The summed E-state index contributed by atoms with van der Waals surface area (Å²) in [5, 5.41) is 1.79. The maximum atomic E-state index is 13.2. The molecule has 0 fully saturated rings. The minimum Gasteiger partial charge on any atom is -0.207 e. The Morgan fingerprint density at radius 2 is 1.82 bits per heavy atom. The van der Waals surface area contributed by atoms with E-state index in [1.807, 2.05) is 25.3 Å². The highest BCUT2D eigenvalue weighted by Crippen LogP contribution is 2.37. The molecule has 0 nitrogen and oxygen atoms in total. The van der Waals surface area contributed by atoms with Crippen LogP contribution in [-0.2, 0) is 0 Å². The topological polar surface area (TPSA) is 0 Å². The lowest BCUT2D eigenvalue weighted by Crippen LogP contribution is -1.99. The van der Waals surface area contributed by atoms with E-state index in [-0.39, 0.29) is 11.2 Å². The number of hydrogen-bond donors (Lipinski definition) is 0. The summed E-state index contributed by atoms with van der Waals surface area (Å²) in [5.74, 6) is -0.209. The summed E-state index contributed by atoms with van der Waals surface area (Å²) in [4.78, 5) is 0. The first-order valence-electron chi connectivity index (χ1n) is 5.13. The standard InChI is InChI=1S/C13H11BrClFS/c1-7-3-10(16)4-8(2)12(7)13(15)9-5-11(14)17-6-9/h3-6,13H,1-2H3. The van der Waals surface area contributed by atoms with Gasteiger partial charge in [-0.1, -0.05) is 0 Å². The summed E-state index contributed by atoms with van der Waals surface area (Å²) in [7, 11) is 0. The van der Waals surface area contributed by atoms with Crippen molar-refractivity contribution in [1.29, 1.82) is 0 Å². The van der Waals surface area contributed by atoms with Crippen molar-refractivity contribution in [2.45, 2.75) is 19.2 Å². The molecule has 17 heavy (non-hydrogen) atoms. The van der Waals surface area contributed by atoms with Gasteiger partial charge < -0.3 is 0 Å². The van der Waals surface area contributed by atoms with E-state index in [9.17, 15) is 4.39 Å². The molecule has 2 aromatic rings. The Kier molecular flexibility index (Phi) is 3.91. The van der Waals surface area contributed by atoms with Crippen LogP contribution in [0.2, 0.25) is 0 Å². The number of benzene rings is 1. The molecule has 4 heteroatoms. The van der Waals surface area contributed by atoms with Gasteiger partial charge in [0.25, 0.3) is 0 Å². The predicted molar refractivity (Wildman–Crippen MR) is 75.6 cm³/mol. The normalized spacial score (nSPS) is 12.8. The van der Waals surface area contributed by atoms with Crippen LogP contribution in [0, 0.1) is 19.7 Å². The van der Waals surface area contributed by atoms with E-state index in [1.165, 1.54) is 12.1 Å². The van der Waals surface area contributed by atoms with Crippen molar-refractivity contribution < 1.29 is 4.39 Å². The van der Waals surface area contributed by atoms with Crippen LogP contribution in [0.25, 0.3) is 0 Å². The van der Waals surface area contributed by atoms with Crippen molar-refractivity contribution in [3.05, 3.63) is 55.4 Å². The SMILES string of the molecule is Cc1cc(F)cc(C)c1C(Cl)c1csc(Br)c1. The molecule has 0 N–H and O–H groups in total. The lowest BCUT2D eigenvalue weighted by Gasteiger charge is -2.15. The van der Waals surface area contributed by atoms with Crippen LogP contribution in [-0.4, -0.2) is 0 Å². The number of alkyl halides is 1. The average Bonchev–Trinajstić information content (AvgIpc) is 2.63. The molecule has 1 atom stereocenters. The average molecular weight is 334 g/mol. The third kappa shape index (κ3) is 2.72. The van der Waals surface area contributed by atoms with Gasteiger partial charge in [-0.2, -0.15) is 0 Å². The van der Waals surface area contributed by atoms with Crippen LogP contribution < -0.4 is 0 Å². The fourth-order valence-corrected chi connectivity index (χ4v) is 3.69. The maximum Gasteiger partial charge on any atom is 0.123 e. The molecule has 0 saturated heterocycles. The number of thiophene rings is 1. The van der Waals surface area contributed by atoms with E-state index in [0.717, 1.165) is 26.0 Å². The van der Waals surface area contributed by atoms with Crippen LogP contribution in [0.1, 0.15) is 27.6 Å². The minimum atomic E-state index is -0.224. The van der Waals surface area contributed by atoms with E-state index in [4.69, 9.17) is 11.6 Å². The second-order valence-corrected chi connectivity index (χ2v) is 6.73. The zero-order valence-electron chi connectivity index (χ0n) is 9.43. The lowest BCUT2D eigenvalue weighted by molar-refractivity contribution is 0.624. The largest absolute Gasteiger partial charge is 0.207 e. The molecular formula is C13H11BrClFS. The molecule has 1 heterocycles. The Bertz CT molecular complexity index is 527. The molecular weight excluding hydrogens is 323 g/mol. The van der Waals surface area contributed by atoms with Crippen molar-refractivity contribution in [3.63, 3.8) is 0 Å². The predicted octanol–water partition coefficient (Wildman–Crippen LogP) is 5.59. The minimum absolute atomic E-state index is 0.209. The van der Waals surface area contributed by atoms with Gasteiger partial charge in [-0.3, -0.25) is 0 Å². The van der Waals surface area contributed by atoms with Gasteiger partial charge in [0.05, 0.1) is 9.16 Å². The van der Waals surface area contributed by atoms with Gasteiger partial charge in [0.2, 0.25) is 0 Å². The first kappa shape index (κ1) is 13.1. The van der Waals surface area contributed by atoms with Gasteiger partial charge in [0, 0.05) is 0 Å². The highest BCUT2D eigenvalue weighted by atomic mass is 79.9. The number of aryl methyl sites for hydroxylation is 2. The van der Waals surface area contributed by atoms with Crippen molar-refractivity contribution in [1.82, 2.24) is 0 Å².